The van der Waals surface area contributed by atoms with Crippen LogP contribution in [0.1, 0.15) is 45.4 Å². The minimum absolute atomic E-state index is 0.218. The van der Waals surface area contributed by atoms with Crippen LogP contribution in [-0.4, -0.2) is 27.9 Å². The van der Waals surface area contributed by atoms with E-state index in [1.807, 2.05) is 0 Å². The number of carbonyl (C=O) groups is 1. The van der Waals surface area contributed by atoms with Crippen molar-refractivity contribution in [2.75, 3.05) is 6.61 Å². The summed E-state index contributed by atoms with van der Waals surface area (Å²) in [4.78, 5) is 10.2. The van der Waals surface area contributed by atoms with Crippen molar-refractivity contribution >= 4 is 5.97 Å². The minimum atomic E-state index is -1.60. The lowest BCUT2D eigenvalue weighted by atomic mass is 10.1. The summed E-state index contributed by atoms with van der Waals surface area (Å²) < 4.78 is 4.68. The Morgan fingerprint density at radius 3 is 2.12 bits per heavy atom. The minimum Gasteiger partial charge on any atom is -0.497 e. The van der Waals surface area contributed by atoms with Crippen molar-refractivity contribution in [3.63, 3.8) is 0 Å². The molecule has 0 radical (unpaired) electrons. The van der Waals surface area contributed by atoms with Crippen LogP contribution in [0.4, 0.5) is 0 Å². The zero-order valence-corrected chi connectivity index (χ0v) is 9.61. The van der Waals surface area contributed by atoms with Gasteiger partial charge in [-0.2, -0.15) is 0 Å². The molecule has 0 saturated carbocycles. The van der Waals surface area contributed by atoms with Gasteiger partial charge in [-0.1, -0.05) is 39.0 Å². The Morgan fingerprint density at radius 1 is 1.00 bits per heavy atom. The summed E-state index contributed by atoms with van der Waals surface area (Å²) in [6.45, 7) is 2.36. The third-order valence-electron chi connectivity index (χ3n) is 2.14. The van der Waals surface area contributed by atoms with E-state index in [9.17, 15) is 4.79 Å². The monoisotopic (exact) mass is 232 g/mol. The molecule has 5 nitrogen and oxygen atoms in total. The Hall–Kier alpha value is -1.39. The van der Waals surface area contributed by atoms with Gasteiger partial charge in [0.1, 0.15) is 0 Å². The van der Waals surface area contributed by atoms with Crippen molar-refractivity contribution in [1.29, 1.82) is 0 Å². The summed E-state index contributed by atoms with van der Waals surface area (Å²) >= 11 is 0. The van der Waals surface area contributed by atoms with E-state index >= 15 is 0 Å². The van der Waals surface area contributed by atoms with Crippen LogP contribution in [0, 0.1) is 0 Å². The Balaban J connectivity index is 3.52. The molecule has 0 saturated heterocycles. The standard InChI is InChI=1S/C11H20O5/c1-2-3-4-5-6-7-8-16-11(15)9(12)10(13)14/h12,15H,2-8H2,1H3,(H,13,14)/b11-9+. The molecule has 0 aromatic rings. The summed E-state index contributed by atoms with van der Waals surface area (Å²) in [5.41, 5.74) is 0. The van der Waals surface area contributed by atoms with E-state index in [0.717, 1.165) is 19.3 Å². The molecule has 0 aliphatic carbocycles. The van der Waals surface area contributed by atoms with E-state index in [0.29, 0.717) is 0 Å². The highest BCUT2D eigenvalue weighted by molar-refractivity contribution is 5.83. The van der Waals surface area contributed by atoms with Crippen LogP contribution in [0.25, 0.3) is 0 Å². The molecule has 0 aliphatic rings. The lowest BCUT2D eigenvalue weighted by Crippen LogP contribution is -2.06. The first-order chi connectivity index (χ1) is 7.59. The number of unbranched alkanes of at least 4 members (excludes halogenated alkanes) is 5. The molecule has 0 aromatic carbocycles. The molecular weight excluding hydrogens is 212 g/mol. The second-order valence-electron chi connectivity index (χ2n) is 3.58. The van der Waals surface area contributed by atoms with E-state index in [4.69, 9.17) is 15.3 Å². The zero-order chi connectivity index (χ0) is 12.4. The van der Waals surface area contributed by atoms with Crippen LogP contribution in [-0.2, 0) is 9.53 Å². The number of carboxylic acid groups (broad SMARTS) is 1. The van der Waals surface area contributed by atoms with Crippen LogP contribution in [0.2, 0.25) is 0 Å². The molecular formula is C11H20O5. The maximum absolute atomic E-state index is 10.2. The molecule has 0 spiro atoms. The SMILES string of the molecule is CCCCCCCCO/C(O)=C(/O)C(=O)O. The van der Waals surface area contributed by atoms with Crippen molar-refractivity contribution in [3.05, 3.63) is 11.7 Å². The molecule has 0 aromatic heterocycles. The molecule has 5 heteroatoms. The van der Waals surface area contributed by atoms with Gasteiger partial charge < -0.3 is 20.1 Å². The molecule has 0 unspecified atom stereocenters. The third kappa shape index (κ3) is 6.98. The fraction of sp³-hybridized carbons (Fsp3) is 0.727. The number of hydrogen-bond acceptors (Lipinski definition) is 4. The van der Waals surface area contributed by atoms with Gasteiger partial charge in [-0.3, -0.25) is 0 Å². The molecule has 0 atom stereocenters. The maximum Gasteiger partial charge on any atom is 0.378 e. The molecule has 94 valence electrons. The molecule has 0 heterocycles. The summed E-state index contributed by atoms with van der Waals surface area (Å²) in [5.74, 6) is -3.66. The first kappa shape index (κ1) is 14.6. The molecule has 0 aliphatic heterocycles. The molecule has 16 heavy (non-hydrogen) atoms. The molecule has 3 N–H and O–H groups in total. The van der Waals surface area contributed by atoms with E-state index in [1.54, 1.807) is 0 Å². The van der Waals surface area contributed by atoms with Gasteiger partial charge in [-0.25, -0.2) is 4.79 Å². The maximum atomic E-state index is 10.2. The van der Waals surface area contributed by atoms with Gasteiger partial charge >= 0.3 is 11.9 Å². The largest absolute Gasteiger partial charge is 0.497 e. The van der Waals surface area contributed by atoms with Crippen molar-refractivity contribution in [1.82, 2.24) is 0 Å². The highest BCUT2D eigenvalue weighted by atomic mass is 16.6. The fourth-order valence-corrected chi connectivity index (χ4v) is 1.21. The predicted octanol–water partition coefficient (Wildman–Crippen LogP) is 2.73. The van der Waals surface area contributed by atoms with Gasteiger partial charge in [0, 0.05) is 0 Å². The second kappa shape index (κ2) is 8.88. The molecule has 0 rings (SSSR count). The van der Waals surface area contributed by atoms with Gasteiger partial charge in [-0.15, -0.1) is 0 Å². The second-order valence-corrected chi connectivity index (χ2v) is 3.58. The quantitative estimate of drug-likeness (QED) is 0.323. The average Bonchev–Trinajstić information content (AvgIpc) is 2.26. The van der Waals surface area contributed by atoms with Crippen LogP contribution in [0.5, 0.6) is 0 Å². The smallest absolute Gasteiger partial charge is 0.378 e. The lowest BCUT2D eigenvalue weighted by Gasteiger charge is -2.05. The van der Waals surface area contributed by atoms with Crippen molar-refractivity contribution in [3.8, 4) is 0 Å². The topological polar surface area (TPSA) is 87.0 Å². The Bertz CT molecular complexity index is 235. The first-order valence-corrected chi connectivity index (χ1v) is 5.57. The van der Waals surface area contributed by atoms with Gasteiger partial charge in [0.15, 0.2) is 0 Å². The fourth-order valence-electron chi connectivity index (χ4n) is 1.21. The highest BCUT2D eigenvalue weighted by Gasteiger charge is 2.13. The molecule has 0 amide bonds. The summed E-state index contributed by atoms with van der Waals surface area (Å²) in [7, 11) is 0. The first-order valence-electron chi connectivity index (χ1n) is 5.57. The van der Waals surface area contributed by atoms with Gasteiger partial charge in [0.2, 0.25) is 0 Å². The van der Waals surface area contributed by atoms with Gasteiger partial charge in [-0.05, 0) is 6.42 Å². The Labute approximate surface area is 95.4 Å². The van der Waals surface area contributed by atoms with Crippen LogP contribution in [0.3, 0.4) is 0 Å². The van der Waals surface area contributed by atoms with E-state index < -0.39 is 17.7 Å². The van der Waals surface area contributed by atoms with E-state index in [2.05, 4.69) is 11.7 Å². The molecule has 0 bridgehead atoms. The number of aliphatic hydroxyl groups excluding tert-OH is 2. The third-order valence-corrected chi connectivity index (χ3v) is 2.14. The van der Waals surface area contributed by atoms with E-state index in [-0.39, 0.29) is 6.61 Å². The van der Waals surface area contributed by atoms with Crippen molar-refractivity contribution in [2.45, 2.75) is 45.4 Å². The predicted molar refractivity (Wildman–Crippen MR) is 59.2 cm³/mol. The van der Waals surface area contributed by atoms with Crippen LogP contribution in [0.15, 0.2) is 11.7 Å². The summed E-state index contributed by atoms with van der Waals surface area (Å²) in [6.07, 6.45) is 6.39. The Kier molecular flexibility index (Phi) is 8.11. The number of aliphatic carboxylic acids is 1. The lowest BCUT2D eigenvalue weighted by molar-refractivity contribution is -0.136. The van der Waals surface area contributed by atoms with Crippen LogP contribution >= 0.6 is 0 Å². The van der Waals surface area contributed by atoms with Crippen molar-refractivity contribution < 1.29 is 24.9 Å². The molecule has 0 fully saturated rings. The average molecular weight is 232 g/mol. The van der Waals surface area contributed by atoms with Crippen molar-refractivity contribution in [2.24, 2.45) is 0 Å². The number of aliphatic hydroxyl groups is 2. The Morgan fingerprint density at radius 2 is 1.56 bits per heavy atom. The summed E-state index contributed by atoms with van der Waals surface area (Å²) in [6, 6.07) is 0. The highest BCUT2D eigenvalue weighted by Crippen LogP contribution is 2.06. The number of ether oxygens (including phenoxy) is 1. The number of rotatable bonds is 9. The summed E-state index contributed by atoms with van der Waals surface area (Å²) in [5, 5.41) is 26.0. The van der Waals surface area contributed by atoms with Gasteiger partial charge in [0.25, 0.3) is 5.76 Å². The number of carboxylic acids is 1. The zero-order valence-electron chi connectivity index (χ0n) is 9.61. The van der Waals surface area contributed by atoms with E-state index in [1.165, 1.54) is 19.3 Å². The normalized spacial score (nSPS) is 12.1. The van der Waals surface area contributed by atoms with Gasteiger partial charge in [0.05, 0.1) is 6.61 Å². The van der Waals surface area contributed by atoms with Crippen LogP contribution < -0.4 is 0 Å². The number of hydrogen-bond donors (Lipinski definition) is 3.